The lowest BCUT2D eigenvalue weighted by molar-refractivity contribution is -0.149. The van der Waals surface area contributed by atoms with Crippen molar-refractivity contribution in [2.75, 3.05) is 31.7 Å². The highest BCUT2D eigenvalue weighted by molar-refractivity contribution is 7.91. The molecule has 6 nitrogen and oxygen atoms in total. The van der Waals surface area contributed by atoms with Crippen molar-refractivity contribution in [1.29, 1.82) is 0 Å². The third-order valence-electron chi connectivity index (χ3n) is 3.57. The summed E-state index contributed by atoms with van der Waals surface area (Å²) in [5, 5.41) is 3.23. The van der Waals surface area contributed by atoms with Gasteiger partial charge in [0, 0.05) is 25.2 Å². The van der Waals surface area contributed by atoms with Crippen LogP contribution in [-0.4, -0.2) is 68.6 Å². The van der Waals surface area contributed by atoms with Crippen LogP contribution in [0.4, 0.5) is 0 Å². The van der Waals surface area contributed by atoms with Gasteiger partial charge in [0.2, 0.25) is 0 Å². The van der Waals surface area contributed by atoms with Crippen molar-refractivity contribution in [3.63, 3.8) is 0 Å². The molecule has 1 aliphatic rings. The molecule has 20 heavy (non-hydrogen) atoms. The highest BCUT2D eigenvalue weighted by Crippen LogP contribution is 2.17. The molecule has 2 unspecified atom stereocenters. The zero-order valence-electron chi connectivity index (χ0n) is 13.0. The van der Waals surface area contributed by atoms with E-state index in [-0.39, 0.29) is 29.6 Å². The van der Waals surface area contributed by atoms with Crippen LogP contribution in [0.1, 0.15) is 27.7 Å². The monoisotopic (exact) mass is 306 g/mol. The van der Waals surface area contributed by atoms with Crippen molar-refractivity contribution in [3.05, 3.63) is 0 Å². The molecule has 0 aromatic heterocycles. The summed E-state index contributed by atoms with van der Waals surface area (Å²) in [6, 6.07) is 0.0367. The average Bonchev–Trinajstić information content (AvgIpc) is 2.30. The molecule has 0 saturated carbocycles. The van der Waals surface area contributed by atoms with Crippen molar-refractivity contribution in [3.8, 4) is 0 Å². The minimum atomic E-state index is -2.95. The van der Waals surface area contributed by atoms with Gasteiger partial charge in [-0.1, -0.05) is 0 Å². The van der Waals surface area contributed by atoms with Crippen molar-refractivity contribution >= 4 is 15.8 Å². The van der Waals surface area contributed by atoms with E-state index in [1.165, 1.54) is 7.11 Å². The highest BCUT2D eigenvalue weighted by atomic mass is 32.2. The van der Waals surface area contributed by atoms with Gasteiger partial charge in [0.15, 0.2) is 9.84 Å². The number of methoxy groups -OCH3 is 1. The summed E-state index contributed by atoms with van der Waals surface area (Å²) in [5.74, 6) is -0.0332. The van der Waals surface area contributed by atoms with E-state index >= 15 is 0 Å². The lowest BCUT2D eigenvalue weighted by Gasteiger charge is -2.40. The Morgan fingerprint density at radius 1 is 1.50 bits per heavy atom. The maximum Gasteiger partial charge on any atom is 0.327 e. The Kier molecular flexibility index (Phi) is 5.57. The van der Waals surface area contributed by atoms with Crippen LogP contribution in [0, 0.1) is 0 Å². The maximum atomic E-state index is 12.0. The molecule has 0 aromatic carbocycles. The smallest absolute Gasteiger partial charge is 0.327 e. The largest absolute Gasteiger partial charge is 0.468 e. The molecular weight excluding hydrogens is 280 g/mol. The molecule has 1 saturated heterocycles. The van der Waals surface area contributed by atoms with Crippen LogP contribution >= 0.6 is 0 Å². The Morgan fingerprint density at radius 2 is 2.10 bits per heavy atom. The van der Waals surface area contributed by atoms with Gasteiger partial charge in [-0.15, -0.1) is 0 Å². The first-order valence-electron chi connectivity index (χ1n) is 6.90. The second-order valence-corrected chi connectivity index (χ2v) is 8.29. The summed E-state index contributed by atoms with van der Waals surface area (Å²) in [7, 11) is -1.58. The molecule has 0 aliphatic carbocycles. The Morgan fingerprint density at radius 3 is 2.55 bits per heavy atom. The summed E-state index contributed by atoms with van der Waals surface area (Å²) in [6.45, 7) is 8.50. The quantitative estimate of drug-likeness (QED) is 0.723. The van der Waals surface area contributed by atoms with E-state index in [9.17, 15) is 13.2 Å². The molecule has 7 heteroatoms. The molecule has 0 bridgehead atoms. The fourth-order valence-corrected chi connectivity index (χ4v) is 4.33. The Labute approximate surface area is 121 Å². The van der Waals surface area contributed by atoms with Gasteiger partial charge in [-0.25, -0.2) is 8.42 Å². The second kappa shape index (κ2) is 6.41. The van der Waals surface area contributed by atoms with Crippen LogP contribution in [0.25, 0.3) is 0 Å². The van der Waals surface area contributed by atoms with Gasteiger partial charge >= 0.3 is 5.97 Å². The number of hydrogen-bond donors (Lipinski definition) is 1. The number of ether oxygens (including phenoxy) is 1. The summed E-state index contributed by atoms with van der Waals surface area (Å²) in [6.07, 6.45) is 0. The van der Waals surface area contributed by atoms with Gasteiger partial charge in [-0.3, -0.25) is 15.0 Å². The fourth-order valence-electron chi connectivity index (χ4n) is 2.71. The summed E-state index contributed by atoms with van der Waals surface area (Å²) < 4.78 is 28.1. The van der Waals surface area contributed by atoms with E-state index in [0.29, 0.717) is 13.1 Å². The number of carbonyl (C=O) groups is 1. The molecule has 0 spiro atoms. The van der Waals surface area contributed by atoms with Gasteiger partial charge in [0.1, 0.15) is 5.54 Å². The van der Waals surface area contributed by atoms with Crippen molar-refractivity contribution in [2.24, 2.45) is 0 Å². The Hall–Kier alpha value is -0.660. The molecule has 1 rings (SSSR count). The minimum absolute atomic E-state index is 0.0910. The van der Waals surface area contributed by atoms with Gasteiger partial charge in [-0.05, 0) is 27.7 Å². The number of sulfone groups is 1. The zero-order valence-corrected chi connectivity index (χ0v) is 13.8. The molecule has 1 aliphatic heterocycles. The summed E-state index contributed by atoms with van der Waals surface area (Å²) in [5.41, 5.74) is -0.835. The van der Waals surface area contributed by atoms with E-state index in [4.69, 9.17) is 4.74 Å². The highest BCUT2D eigenvalue weighted by Gasteiger charge is 2.39. The Balaban J connectivity index is 2.83. The van der Waals surface area contributed by atoms with Crippen LogP contribution in [0.5, 0.6) is 0 Å². The van der Waals surface area contributed by atoms with E-state index in [1.807, 2.05) is 25.7 Å². The molecule has 0 radical (unpaired) electrons. The molecule has 1 heterocycles. The van der Waals surface area contributed by atoms with Crippen LogP contribution in [0.3, 0.4) is 0 Å². The summed E-state index contributed by atoms with van der Waals surface area (Å²) in [4.78, 5) is 14.1. The molecule has 1 N–H and O–H groups in total. The lowest BCUT2D eigenvalue weighted by atomic mass is 9.99. The fraction of sp³-hybridized carbons (Fsp3) is 0.923. The summed E-state index contributed by atoms with van der Waals surface area (Å²) >= 11 is 0. The Bertz CT molecular complexity index is 449. The van der Waals surface area contributed by atoms with Crippen LogP contribution in [-0.2, 0) is 19.4 Å². The van der Waals surface area contributed by atoms with Crippen LogP contribution < -0.4 is 5.32 Å². The number of nitrogens with one attached hydrogen (secondary N) is 1. The molecule has 1 fully saturated rings. The molecule has 118 valence electrons. The van der Waals surface area contributed by atoms with Crippen molar-refractivity contribution in [1.82, 2.24) is 10.2 Å². The first-order chi connectivity index (χ1) is 9.09. The average molecular weight is 306 g/mol. The number of rotatable bonds is 5. The number of esters is 1. The van der Waals surface area contributed by atoms with E-state index < -0.39 is 15.4 Å². The third-order valence-corrected chi connectivity index (χ3v) is 5.37. The topological polar surface area (TPSA) is 75.7 Å². The molecule has 2 atom stereocenters. The second-order valence-electron chi connectivity index (χ2n) is 6.06. The predicted molar refractivity (Wildman–Crippen MR) is 78.4 cm³/mol. The predicted octanol–water partition coefficient (Wildman–Crippen LogP) is 0.0350. The number of hydrogen-bond acceptors (Lipinski definition) is 6. The van der Waals surface area contributed by atoms with Gasteiger partial charge in [-0.2, -0.15) is 0 Å². The van der Waals surface area contributed by atoms with E-state index in [1.54, 1.807) is 6.92 Å². The molecule has 0 aromatic rings. The first-order valence-corrected chi connectivity index (χ1v) is 8.72. The van der Waals surface area contributed by atoms with Crippen LogP contribution in [0.2, 0.25) is 0 Å². The molecule has 0 amide bonds. The van der Waals surface area contributed by atoms with Gasteiger partial charge in [0.25, 0.3) is 0 Å². The number of nitrogens with zero attached hydrogens (tertiary/aromatic N) is 1. The van der Waals surface area contributed by atoms with E-state index in [2.05, 4.69) is 5.32 Å². The lowest BCUT2D eigenvalue weighted by Crippen LogP contribution is -2.62. The normalized spacial score (nSPS) is 26.2. The van der Waals surface area contributed by atoms with Crippen molar-refractivity contribution in [2.45, 2.75) is 45.3 Å². The number of carbonyl (C=O) groups excluding carboxylic acids is 1. The first kappa shape index (κ1) is 17.4. The van der Waals surface area contributed by atoms with Crippen LogP contribution in [0.15, 0.2) is 0 Å². The molecular formula is C13H26N2O4S. The third kappa shape index (κ3) is 4.43. The van der Waals surface area contributed by atoms with Gasteiger partial charge in [0.05, 0.1) is 18.6 Å². The zero-order chi connectivity index (χ0) is 15.6. The van der Waals surface area contributed by atoms with Gasteiger partial charge < -0.3 is 4.74 Å². The van der Waals surface area contributed by atoms with Crippen molar-refractivity contribution < 1.29 is 17.9 Å². The SMILES string of the molecule is COC(=O)C(C)(CN1CCS(=O)(=O)CC1C)NC(C)C. The maximum absolute atomic E-state index is 12.0. The van der Waals surface area contributed by atoms with E-state index in [0.717, 1.165) is 0 Å². The standard InChI is InChI=1S/C13H26N2O4S/c1-10(2)14-13(4,12(16)19-5)9-15-6-7-20(17,18)8-11(15)3/h10-11,14H,6-9H2,1-5H3. The minimum Gasteiger partial charge on any atom is -0.468 e.